The van der Waals surface area contributed by atoms with Crippen LogP contribution in [-0.2, 0) is 32.7 Å². The lowest BCUT2D eigenvalue weighted by atomic mass is 10.0. The van der Waals surface area contributed by atoms with Gasteiger partial charge in [0.05, 0.1) is 40.0 Å². The molecule has 0 aromatic carbocycles. The Morgan fingerprint density at radius 1 is 0.583 bits per heavy atom. The van der Waals surface area contributed by atoms with Crippen molar-refractivity contribution in [1.29, 1.82) is 0 Å². The molecular weight excluding hydrogens is 781 g/mol. The molecule has 0 aliphatic heterocycles. The molecular formula is C48H89NO10P+. The van der Waals surface area contributed by atoms with Crippen molar-refractivity contribution in [2.24, 2.45) is 0 Å². The van der Waals surface area contributed by atoms with Crippen LogP contribution in [0, 0.1) is 0 Å². The number of esters is 2. The van der Waals surface area contributed by atoms with E-state index < -0.39 is 44.7 Å². The Balaban J connectivity index is 4.53. The zero-order valence-corrected chi connectivity index (χ0v) is 39.6. The van der Waals surface area contributed by atoms with Gasteiger partial charge >= 0.3 is 19.8 Å². The number of phosphoric acid groups is 1. The number of carbonyl (C=O) groups excluding carboxylic acids is 2. The summed E-state index contributed by atoms with van der Waals surface area (Å²) in [4.78, 5) is 35.4. The Kier molecular flexibility index (Phi) is 38.3. The topological polar surface area (TPSA) is 149 Å². The highest BCUT2D eigenvalue weighted by atomic mass is 31.2. The second kappa shape index (κ2) is 39.7. The summed E-state index contributed by atoms with van der Waals surface area (Å²) in [6, 6.07) is 0. The molecule has 0 aliphatic rings. The van der Waals surface area contributed by atoms with E-state index in [0.29, 0.717) is 36.7 Å². The lowest BCUT2D eigenvalue weighted by Crippen LogP contribution is -2.37. The number of aliphatic hydroxyl groups excluding tert-OH is 2. The smallest absolute Gasteiger partial charge is 0.462 e. The van der Waals surface area contributed by atoms with Gasteiger partial charge in [0.15, 0.2) is 6.10 Å². The number of ether oxygens (including phenoxy) is 2. The lowest BCUT2D eigenvalue weighted by molar-refractivity contribution is -0.870. The maximum atomic E-state index is 12.7. The summed E-state index contributed by atoms with van der Waals surface area (Å²) < 4.78 is 34.2. The molecule has 0 saturated heterocycles. The first-order valence-corrected chi connectivity index (χ1v) is 25.1. The lowest BCUT2D eigenvalue weighted by Gasteiger charge is -2.24. The highest BCUT2D eigenvalue weighted by molar-refractivity contribution is 7.47. The fourth-order valence-corrected chi connectivity index (χ4v) is 7.03. The highest BCUT2D eigenvalue weighted by Gasteiger charge is 2.27. The number of rotatable bonds is 42. The average molecular weight is 871 g/mol. The van der Waals surface area contributed by atoms with Crippen LogP contribution in [0.3, 0.4) is 0 Å². The van der Waals surface area contributed by atoms with Crippen molar-refractivity contribution < 1.29 is 52.3 Å². The molecule has 0 saturated carbocycles. The number of nitrogens with zero attached hydrogens (tertiary/aromatic N) is 1. The predicted molar refractivity (Wildman–Crippen MR) is 245 cm³/mol. The van der Waals surface area contributed by atoms with Crippen LogP contribution in [0.5, 0.6) is 0 Å². The maximum absolute atomic E-state index is 12.7. The van der Waals surface area contributed by atoms with E-state index >= 15 is 0 Å². The third-order valence-electron chi connectivity index (χ3n) is 10.1. The molecule has 350 valence electrons. The zero-order valence-electron chi connectivity index (χ0n) is 38.7. The number of unbranched alkanes of at least 4 members (excludes halogenated alkanes) is 18. The van der Waals surface area contributed by atoms with Crippen LogP contribution in [0.4, 0.5) is 0 Å². The van der Waals surface area contributed by atoms with Crippen molar-refractivity contribution in [2.75, 3.05) is 47.5 Å². The highest BCUT2D eigenvalue weighted by Crippen LogP contribution is 2.43. The third kappa shape index (κ3) is 42.6. The Morgan fingerprint density at radius 2 is 1.03 bits per heavy atom. The summed E-state index contributed by atoms with van der Waals surface area (Å²) in [5.41, 5.74) is 0. The van der Waals surface area contributed by atoms with Crippen molar-refractivity contribution >= 4 is 19.8 Å². The fraction of sp³-hybridized carbons (Fsp3) is 0.792. The normalized spacial score (nSPS) is 15.0. The first kappa shape index (κ1) is 57.9. The van der Waals surface area contributed by atoms with Gasteiger partial charge in [-0.15, -0.1) is 0 Å². The maximum Gasteiger partial charge on any atom is 0.472 e. The molecule has 0 aromatic heterocycles. The van der Waals surface area contributed by atoms with Gasteiger partial charge in [-0.25, -0.2) is 4.57 Å². The van der Waals surface area contributed by atoms with Gasteiger partial charge in [-0.3, -0.25) is 18.6 Å². The van der Waals surface area contributed by atoms with Gasteiger partial charge in [0.1, 0.15) is 19.8 Å². The van der Waals surface area contributed by atoms with Crippen molar-refractivity contribution in [3.8, 4) is 0 Å². The summed E-state index contributed by atoms with van der Waals surface area (Å²) >= 11 is 0. The number of phosphoric ester groups is 1. The minimum atomic E-state index is -4.43. The molecule has 0 aliphatic carbocycles. The molecule has 0 spiro atoms. The molecule has 0 aromatic rings. The molecule has 11 nitrogen and oxygen atoms in total. The van der Waals surface area contributed by atoms with E-state index in [0.717, 1.165) is 44.9 Å². The van der Waals surface area contributed by atoms with Crippen LogP contribution in [0.15, 0.2) is 48.6 Å². The largest absolute Gasteiger partial charge is 0.472 e. The van der Waals surface area contributed by atoms with E-state index in [1.807, 2.05) is 51.5 Å². The fourth-order valence-electron chi connectivity index (χ4n) is 6.29. The monoisotopic (exact) mass is 871 g/mol. The summed E-state index contributed by atoms with van der Waals surface area (Å²) in [6.45, 7) is 4.07. The SMILES string of the molecule is CCCCCCCCCCCCCCCCCCCC(=O)O[C@H](COC(=O)CCC[C@@H](O)/C=C/C=C\C/C=C\C=C\[C@@H](O)CCCCC)COP(=O)(O)OCC[N+](C)(C)C. The molecule has 4 atom stereocenters. The van der Waals surface area contributed by atoms with Gasteiger partial charge in [-0.2, -0.15) is 0 Å². The first-order chi connectivity index (χ1) is 28.8. The van der Waals surface area contributed by atoms with E-state index in [2.05, 4.69) is 13.8 Å². The van der Waals surface area contributed by atoms with Crippen LogP contribution < -0.4 is 0 Å². The van der Waals surface area contributed by atoms with Gasteiger partial charge in [-0.05, 0) is 32.1 Å². The van der Waals surface area contributed by atoms with E-state index in [4.69, 9.17) is 18.5 Å². The third-order valence-corrected chi connectivity index (χ3v) is 11.1. The molecule has 0 fully saturated rings. The standard InChI is InChI=1S/C48H88NO10P/c1-6-8-10-11-12-13-14-15-16-17-18-19-20-21-25-28-32-38-48(53)59-46(43-58-60(54,55)57-41-40-49(3,4)5)42-56-47(52)39-33-37-45(51)36-31-27-24-22-23-26-30-35-44(50)34-29-9-7-2/h23-24,26-27,30-31,35-36,44-46,50-51H,6-22,25,28-29,32-34,37-43H2,1-5H3/p+1/b26-23-,27-24-,35-30+,36-31+/t44-,45-,46+/m0/s1. The van der Waals surface area contributed by atoms with Crippen LogP contribution >= 0.6 is 7.82 Å². The molecule has 0 radical (unpaired) electrons. The molecule has 0 bridgehead atoms. The van der Waals surface area contributed by atoms with Gasteiger partial charge in [0.25, 0.3) is 0 Å². The molecule has 12 heteroatoms. The van der Waals surface area contributed by atoms with Crippen molar-refractivity contribution in [3.05, 3.63) is 48.6 Å². The average Bonchev–Trinajstić information content (AvgIpc) is 3.19. The van der Waals surface area contributed by atoms with Gasteiger partial charge < -0.3 is 29.1 Å². The van der Waals surface area contributed by atoms with E-state index in [1.165, 1.54) is 83.5 Å². The number of hydrogen-bond donors (Lipinski definition) is 3. The summed E-state index contributed by atoms with van der Waals surface area (Å²) in [5.74, 6) is -1.02. The summed E-state index contributed by atoms with van der Waals surface area (Å²) in [6.07, 6.45) is 39.4. The molecule has 0 heterocycles. The Bertz CT molecular complexity index is 1200. The van der Waals surface area contributed by atoms with Crippen molar-refractivity contribution in [3.63, 3.8) is 0 Å². The predicted octanol–water partition coefficient (Wildman–Crippen LogP) is 11.4. The molecule has 60 heavy (non-hydrogen) atoms. The number of likely N-dealkylation sites (N-methyl/N-ethyl adjacent to an activating group) is 1. The van der Waals surface area contributed by atoms with Gasteiger partial charge in [0, 0.05) is 12.8 Å². The summed E-state index contributed by atoms with van der Waals surface area (Å²) in [5, 5.41) is 20.2. The van der Waals surface area contributed by atoms with Gasteiger partial charge in [0.2, 0.25) is 0 Å². The Labute approximate surface area is 366 Å². The number of allylic oxidation sites excluding steroid dienone is 6. The van der Waals surface area contributed by atoms with Gasteiger partial charge in [-0.1, -0.05) is 184 Å². The van der Waals surface area contributed by atoms with E-state index in [1.54, 1.807) is 18.2 Å². The van der Waals surface area contributed by atoms with Crippen LogP contribution in [0.25, 0.3) is 0 Å². The number of carbonyl (C=O) groups is 2. The number of aliphatic hydroxyl groups is 2. The Morgan fingerprint density at radius 3 is 1.53 bits per heavy atom. The quantitative estimate of drug-likeness (QED) is 0.0178. The minimum Gasteiger partial charge on any atom is -0.462 e. The van der Waals surface area contributed by atoms with E-state index in [-0.39, 0.29) is 26.1 Å². The molecule has 1 unspecified atom stereocenters. The van der Waals surface area contributed by atoms with Crippen LogP contribution in [0.1, 0.15) is 181 Å². The molecule has 3 N–H and O–H groups in total. The number of hydrogen-bond acceptors (Lipinski definition) is 9. The van der Waals surface area contributed by atoms with E-state index in [9.17, 15) is 29.3 Å². The van der Waals surface area contributed by atoms with Crippen molar-refractivity contribution in [1.82, 2.24) is 0 Å². The van der Waals surface area contributed by atoms with Crippen LogP contribution in [0.2, 0.25) is 0 Å². The van der Waals surface area contributed by atoms with Crippen LogP contribution in [-0.4, -0.2) is 97.3 Å². The number of quaternary nitrogens is 1. The Hall–Kier alpha value is -2.11. The zero-order chi connectivity index (χ0) is 44.6. The minimum absolute atomic E-state index is 0.00564. The first-order valence-electron chi connectivity index (χ1n) is 23.6. The molecule has 0 amide bonds. The second-order valence-corrected chi connectivity index (χ2v) is 18.7. The second-order valence-electron chi connectivity index (χ2n) is 17.2. The van der Waals surface area contributed by atoms with Crippen molar-refractivity contribution in [2.45, 2.75) is 199 Å². The summed E-state index contributed by atoms with van der Waals surface area (Å²) in [7, 11) is 1.35. The molecule has 0 rings (SSSR count).